The first-order valence-corrected chi connectivity index (χ1v) is 7.63. The first-order valence-electron chi connectivity index (χ1n) is 7.63. The SMILES string of the molecule is COC(=O)C(C)c1ccc2n1CCc1cc(OC)c(OC)cc1-2. The molecule has 0 bridgehead atoms. The van der Waals surface area contributed by atoms with Gasteiger partial charge in [0.2, 0.25) is 0 Å². The van der Waals surface area contributed by atoms with Crippen LogP contribution in [0.3, 0.4) is 0 Å². The molecule has 2 heterocycles. The van der Waals surface area contributed by atoms with Crippen molar-refractivity contribution >= 4 is 5.97 Å². The smallest absolute Gasteiger partial charge is 0.314 e. The summed E-state index contributed by atoms with van der Waals surface area (Å²) in [6, 6.07) is 8.10. The molecule has 122 valence electrons. The van der Waals surface area contributed by atoms with E-state index in [1.807, 2.05) is 25.1 Å². The molecule has 1 atom stereocenters. The molecular weight excluding hydrogens is 294 g/mol. The number of ether oxygens (including phenoxy) is 3. The number of carbonyl (C=O) groups excluding carboxylic acids is 1. The van der Waals surface area contributed by atoms with E-state index in [1.165, 1.54) is 12.7 Å². The highest BCUT2D eigenvalue weighted by molar-refractivity contribution is 5.78. The van der Waals surface area contributed by atoms with Crippen molar-refractivity contribution in [1.29, 1.82) is 0 Å². The molecule has 0 fully saturated rings. The van der Waals surface area contributed by atoms with E-state index < -0.39 is 0 Å². The Kier molecular flexibility index (Phi) is 4.03. The van der Waals surface area contributed by atoms with E-state index in [-0.39, 0.29) is 11.9 Å². The van der Waals surface area contributed by atoms with Crippen LogP contribution in [0.25, 0.3) is 11.3 Å². The number of methoxy groups -OCH3 is 3. The molecule has 5 nitrogen and oxygen atoms in total. The number of aryl methyl sites for hydroxylation is 1. The molecular formula is C18H21NO4. The van der Waals surface area contributed by atoms with Crippen LogP contribution in [0, 0.1) is 0 Å². The molecule has 5 heteroatoms. The third-order valence-electron chi connectivity index (χ3n) is 4.50. The fourth-order valence-electron chi connectivity index (χ4n) is 3.24. The standard InChI is InChI=1S/C18H21NO4/c1-11(18(20)23-4)14-5-6-15-13-10-17(22-3)16(21-2)9-12(13)7-8-19(14)15/h5-6,9-11H,7-8H2,1-4H3. The van der Waals surface area contributed by atoms with Crippen molar-refractivity contribution in [1.82, 2.24) is 4.57 Å². The lowest BCUT2D eigenvalue weighted by Crippen LogP contribution is -2.19. The Morgan fingerprint density at radius 3 is 2.48 bits per heavy atom. The number of benzene rings is 1. The second kappa shape index (κ2) is 5.99. The molecule has 1 aromatic carbocycles. The maximum absolute atomic E-state index is 11.9. The van der Waals surface area contributed by atoms with Gasteiger partial charge in [-0.2, -0.15) is 0 Å². The number of nitrogens with zero attached hydrogens (tertiary/aromatic N) is 1. The fraction of sp³-hybridized carbons (Fsp3) is 0.389. The topological polar surface area (TPSA) is 49.7 Å². The van der Waals surface area contributed by atoms with Crippen LogP contribution in [0.4, 0.5) is 0 Å². The molecule has 0 radical (unpaired) electrons. The van der Waals surface area contributed by atoms with Gasteiger partial charge in [-0.15, -0.1) is 0 Å². The van der Waals surface area contributed by atoms with E-state index in [0.717, 1.165) is 35.7 Å². The molecule has 0 amide bonds. The summed E-state index contributed by atoms with van der Waals surface area (Å²) in [6.45, 7) is 2.71. The van der Waals surface area contributed by atoms with Crippen LogP contribution in [0.15, 0.2) is 24.3 Å². The zero-order valence-electron chi connectivity index (χ0n) is 13.9. The minimum absolute atomic E-state index is 0.219. The monoisotopic (exact) mass is 315 g/mol. The number of rotatable bonds is 4. The highest BCUT2D eigenvalue weighted by Crippen LogP contribution is 2.40. The van der Waals surface area contributed by atoms with Gasteiger partial charge in [-0.3, -0.25) is 4.79 Å². The molecule has 0 saturated heterocycles. The van der Waals surface area contributed by atoms with Gasteiger partial charge in [0.05, 0.1) is 27.2 Å². The summed E-state index contributed by atoms with van der Waals surface area (Å²) in [4.78, 5) is 11.9. The minimum Gasteiger partial charge on any atom is -0.493 e. The van der Waals surface area contributed by atoms with Gasteiger partial charge < -0.3 is 18.8 Å². The van der Waals surface area contributed by atoms with E-state index in [0.29, 0.717) is 5.75 Å². The molecule has 0 spiro atoms. The zero-order valence-corrected chi connectivity index (χ0v) is 13.9. The summed E-state index contributed by atoms with van der Waals surface area (Å²) >= 11 is 0. The lowest BCUT2D eigenvalue weighted by atomic mass is 9.97. The first-order chi connectivity index (χ1) is 11.1. The average molecular weight is 315 g/mol. The molecule has 0 N–H and O–H groups in total. The van der Waals surface area contributed by atoms with Crippen molar-refractivity contribution in [3.8, 4) is 22.8 Å². The van der Waals surface area contributed by atoms with E-state index in [2.05, 4.69) is 10.6 Å². The number of esters is 1. The van der Waals surface area contributed by atoms with Crippen molar-refractivity contribution in [2.24, 2.45) is 0 Å². The molecule has 3 rings (SSSR count). The highest BCUT2D eigenvalue weighted by atomic mass is 16.5. The largest absolute Gasteiger partial charge is 0.493 e. The summed E-state index contributed by atoms with van der Waals surface area (Å²) in [7, 11) is 4.70. The van der Waals surface area contributed by atoms with Gasteiger partial charge >= 0.3 is 5.97 Å². The molecule has 0 saturated carbocycles. The lowest BCUT2D eigenvalue weighted by Gasteiger charge is -2.24. The lowest BCUT2D eigenvalue weighted by molar-refractivity contribution is -0.142. The molecule has 2 aromatic rings. The average Bonchev–Trinajstić information content (AvgIpc) is 3.03. The van der Waals surface area contributed by atoms with Crippen molar-refractivity contribution in [2.45, 2.75) is 25.8 Å². The quantitative estimate of drug-likeness (QED) is 0.814. The molecule has 1 unspecified atom stereocenters. The minimum atomic E-state index is -0.282. The van der Waals surface area contributed by atoms with Crippen molar-refractivity contribution in [2.75, 3.05) is 21.3 Å². The van der Waals surface area contributed by atoms with Crippen molar-refractivity contribution in [3.63, 3.8) is 0 Å². The third-order valence-corrected chi connectivity index (χ3v) is 4.50. The Bertz CT molecular complexity index is 748. The number of fused-ring (bicyclic) bond motifs is 3. The first kappa shape index (κ1) is 15.5. The summed E-state index contributed by atoms with van der Waals surface area (Å²) in [5, 5.41) is 0. The van der Waals surface area contributed by atoms with Gasteiger partial charge in [-0.25, -0.2) is 0 Å². The van der Waals surface area contributed by atoms with Gasteiger partial charge in [0.25, 0.3) is 0 Å². The molecule has 23 heavy (non-hydrogen) atoms. The highest BCUT2D eigenvalue weighted by Gasteiger charge is 2.26. The van der Waals surface area contributed by atoms with E-state index in [4.69, 9.17) is 14.2 Å². The Labute approximate surface area is 135 Å². The van der Waals surface area contributed by atoms with Crippen LogP contribution < -0.4 is 9.47 Å². The number of carbonyl (C=O) groups is 1. The number of aromatic nitrogens is 1. The van der Waals surface area contributed by atoms with E-state index >= 15 is 0 Å². The normalized spacial score (nSPS) is 13.7. The second-order valence-electron chi connectivity index (χ2n) is 5.65. The third kappa shape index (κ3) is 2.46. The van der Waals surface area contributed by atoms with Crippen LogP contribution in [-0.4, -0.2) is 31.9 Å². The zero-order chi connectivity index (χ0) is 16.6. The Hall–Kier alpha value is -2.43. The Morgan fingerprint density at radius 1 is 1.13 bits per heavy atom. The van der Waals surface area contributed by atoms with Gasteiger partial charge in [0.15, 0.2) is 11.5 Å². The van der Waals surface area contributed by atoms with Crippen LogP contribution in [-0.2, 0) is 22.5 Å². The molecule has 1 aromatic heterocycles. The van der Waals surface area contributed by atoms with Gasteiger partial charge in [0, 0.05) is 23.5 Å². The van der Waals surface area contributed by atoms with E-state index in [1.54, 1.807) is 14.2 Å². The van der Waals surface area contributed by atoms with Gasteiger partial charge in [0.1, 0.15) is 0 Å². The summed E-state index contributed by atoms with van der Waals surface area (Å²) in [5.41, 5.74) is 4.42. The predicted octanol–water partition coefficient (Wildman–Crippen LogP) is 3.00. The Balaban J connectivity index is 2.09. The second-order valence-corrected chi connectivity index (χ2v) is 5.65. The molecule has 1 aliphatic rings. The Morgan fingerprint density at radius 2 is 1.83 bits per heavy atom. The van der Waals surface area contributed by atoms with Crippen LogP contribution >= 0.6 is 0 Å². The van der Waals surface area contributed by atoms with Gasteiger partial charge in [-0.1, -0.05) is 0 Å². The van der Waals surface area contributed by atoms with Crippen molar-refractivity contribution < 1.29 is 19.0 Å². The van der Waals surface area contributed by atoms with Crippen molar-refractivity contribution in [3.05, 3.63) is 35.5 Å². The van der Waals surface area contributed by atoms with Crippen LogP contribution in [0.2, 0.25) is 0 Å². The van der Waals surface area contributed by atoms with E-state index in [9.17, 15) is 4.79 Å². The number of hydrogen-bond donors (Lipinski definition) is 0. The predicted molar refractivity (Wildman–Crippen MR) is 87.1 cm³/mol. The van der Waals surface area contributed by atoms with Crippen LogP contribution in [0.1, 0.15) is 24.1 Å². The maximum atomic E-state index is 11.9. The number of hydrogen-bond acceptors (Lipinski definition) is 4. The summed E-state index contributed by atoms with van der Waals surface area (Å²) in [6.07, 6.45) is 0.887. The maximum Gasteiger partial charge on any atom is 0.314 e. The molecule has 1 aliphatic heterocycles. The summed E-state index contributed by atoms with van der Waals surface area (Å²) < 4.78 is 17.9. The fourth-order valence-corrected chi connectivity index (χ4v) is 3.24. The van der Waals surface area contributed by atoms with Gasteiger partial charge in [-0.05, 0) is 43.2 Å². The molecule has 0 aliphatic carbocycles. The summed E-state index contributed by atoms with van der Waals surface area (Å²) in [5.74, 6) is 0.956. The van der Waals surface area contributed by atoms with Crippen LogP contribution in [0.5, 0.6) is 11.5 Å².